The first-order chi connectivity index (χ1) is 43.3. The predicted molar refractivity (Wildman–Crippen MR) is 342 cm³/mol. The van der Waals surface area contributed by atoms with Gasteiger partial charge in [0.2, 0.25) is 53.2 Å². The number of hydrogen-bond acceptors (Lipinski definition) is 15. The van der Waals surface area contributed by atoms with Gasteiger partial charge >= 0.3 is 5.97 Å². The molecule has 0 spiro atoms. The first kappa shape index (κ1) is 73.4. The van der Waals surface area contributed by atoms with Crippen LogP contribution in [0.4, 0.5) is 0 Å². The summed E-state index contributed by atoms with van der Waals surface area (Å²) < 4.78 is 0. The van der Waals surface area contributed by atoms with Gasteiger partial charge in [-0.3, -0.25) is 58.1 Å². The molecular formula is C58H90N22O11. The maximum absolute atomic E-state index is 14.4. The Morgan fingerprint density at radius 3 is 1.41 bits per heavy atom. The number of primary amides is 1. The number of aromatic amines is 2. The second-order valence-electron chi connectivity index (χ2n) is 22.1. The zero-order valence-corrected chi connectivity index (χ0v) is 51.3. The number of amides is 9. The number of nitrogens with zero attached hydrogens (tertiary/aromatic N) is 3. The Morgan fingerprint density at radius 1 is 0.484 bits per heavy atom. The summed E-state index contributed by atoms with van der Waals surface area (Å²) in [4.78, 5) is 155. The van der Waals surface area contributed by atoms with Crippen LogP contribution in [-0.4, -0.2) is 173 Å². The van der Waals surface area contributed by atoms with Crippen molar-refractivity contribution in [3.63, 3.8) is 0 Å². The van der Waals surface area contributed by atoms with Gasteiger partial charge in [-0.25, -0.2) is 4.79 Å². The molecule has 33 nitrogen and oxygen atoms in total. The van der Waals surface area contributed by atoms with Gasteiger partial charge in [0, 0.05) is 73.1 Å². The summed E-state index contributed by atoms with van der Waals surface area (Å²) in [6.45, 7) is 2.94. The molecule has 0 aliphatic carbocycles. The molecule has 0 bridgehead atoms. The molecule has 0 radical (unpaired) electrons. The molecule has 4 rings (SSSR count). The van der Waals surface area contributed by atoms with Crippen LogP contribution in [0.15, 0.2) is 75.9 Å². The Morgan fingerprint density at radius 2 is 0.901 bits per heavy atom. The molecule has 0 saturated heterocycles. The maximum Gasteiger partial charge on any atom is 0.326 e. The van der Waals surface area contributed by atoms with E-state index in [1.165, 1.54) is 0 Å². The Bertz CT molecular complexity index is 3200. The van der Waals surface area contributed by atoms with Gasteiger partial charge in [-0.05, 0) is 99.9 Å². The van der Waals surface area contributed by atoms with Gasteiger partial charge in [-0.2, -0.15) is 0 Å². The number of benzene rings is 2. The Kier molecular flexibility index (Phi) is 30.4. The molecule has 498 valence electrons. The van der Waals surface area contributed by atoms with Gasteiger partial charge in [-0.15, -0.1) is 0 Å². The number of hydrogen-bond donors (Lipinski definition) is 20. The van der Waals surface area contributed by atoms with E-state index in [4.69, 9.17) is 51.6 Å². The Hall–Kier alpha value is -10.1. The van der Waals surface area contributed by atoms with Crippen molar-refractivity contribution in [2.45, 2.75) is 146 Å². The fourth-order valence-electron chi connectivity index (χ4n) is 9.64. The van der Waals surface area contributed by atoms with E-state index < -0.39 is 126 Å². The van der Waals surface area contributed by atoms with Crippen LogP contribution in [0, 0.1) is 5.92 Å². The van der Waals surface area contributed by atoms with Crippen LogP contribution >= 0.6 is 0 Å². The van der Waals surface area contributed by atoms with Crippen molar-refractivity contribution in [2.24, 2.45) is 72.5 Å². The third-order valence-electron chi connectivity index (χ3n) is 14.5. The number of carbonyl (C=O) groups is 10. The van der Waals surface area contributed by atoms with Crippen molar-refractivity contribution in [2.75, 3.05) is 32.7 Å². The average Bonchev–Trinajstić information content (AvgIpc) is 1.80. The third kappa shape index (κ3) is 25.5. The minimum Gasteiger partial charge on any atom is -0.480 e. The molecule has 0 unspecified atom stereocenters. The summed E-state index contributed by atoms with van der Waals surface area (Å²) in [6.07, 6.45) is 3.69. The monoisotopic (exact) mass is 1270 g/mol. The fraction of sp³-hybridized carbons (Fsp3) is 0.500. The van der Waals surface area contributed by atoms with Gasteiger partial charge in [0.05, 0.1) is 12.6 Å². The molecule has 2 aromatic carbocycles. The summed E-state index contributed by atoms with van der Waals surface area (Å²) in [7, 11) is 0. The maximum atomic E-state index is 14.4. The van der Waals surface area contributed by atoms with Crippen LogP contribution in [0.3, 0.4) is 0 Å². The zero-order valence-electron chi connectivity index (χ0n) is 51.3. The molecular weight excluding hydrogens is 1180 g/mol. The SMILES string of the molecule is CC(C)[C@H](NC(=O)[C@H](CCCN=C(N)N)NC(=O)[C@@H](N)CCCN=C(N)N)C(=O)N[C@@H](CCC(N)=O)C(=O)N[C@@H](CCCN=C(N)N)C(=O)NCC(=O)N[C@@H](CCCCN)C(=O)N[C@@H](Cc1c[nH]c2ccccc12)C(=O)N[C@@H](Cc1c[nH]c2ccccc12)C(=O)O. The van der Waals surface area contributed by atoms with E-state index in [0.29, 0.717) is 30.4 Å². The molecule has 29 N–H and O–H groups in total. The molecule has 91 heavy (non-hydrogen) atoms. The summed E-state index contributed by atoms with van der Waals surface area (Å²) in [5.74, 6) is -10.2. The van der Waals surface area contributed by atoms with E-state index in [1.54, 1.807) is 38.4 Å². The van der Waals surface area contributed by atoms with Crippen LogP contribution < -0.4 is 94.1 Å². The normalized spacial score (nSPS) is 13.7. The number of nitrogens with one attached hydrogen (secondary N) is 10. The van der Waals surface area contributed by atoms with Crippen molar-refractivity contribution < 1.29 is 53.1 Å². The van der Waals surface area contributed by atoms with Crippen LogP contribution in [0.2, 0.25) is 0 Å². The minimum absolute atomic E-state index is 0.00971. The van der Waals surface area contributed by atoms with E-state index in [-0.39, 0.29) is 102 Å². The van der Waals surface area contributed by atoms with Gasteiger partial charge in [0.15, 0.2) is 17.9 Å². The van der Waals surface area contributed by atoms with E-state index in [9.17, 15) is 53.1 Å². The second-order valence-corrected chi connectivity index (χ2v) is 22.1. The van der Waals surface area contributed by atoms with E-state index in [2.05, 4.69) is 67.5 Å². The lowest BCUT2D eigenvalue weighted by molar-refractivity contribution is -0.142. The number of aliphatic carboxylic acids is 1. The number of carbonyl (C=O) groups excluding carboxylic acids is 9. The van der Waals surface area contributed by atoms with Crippen molar-refractivity contribution in [1.29, 1.82) is 0 Å². The van der Waals surface area contributed by atoms with E-state index in [0.717, 1.165) is 21.8 Å². The lowest BCUT2D eigenvalue weighted by Gasteiger charge is -2.28. The molecule has 2 heterocycles. The third-order valence-corrected chi connectivity index (χ3v) is 14.5. The number of H-pyrrole nitrogens is 2. The first-order valence-corrected chi connectivity index (χ1v) is 29.9. The number of rotatable bonds is 41. The molecule has 0 aliphatic rings. The Labute approximate surface area is 525 Å². The lowest BCUT2D eigenvalue weighted by atomic mass is 10.0. The van der Waals surface area contributed by atoms with Crippen molar-refractivity contribution in [1.82, 2.24) is 52.5 Å². The Balaban J connectivity index is 1.53. The number of fused-ring (bicyclic) bond motifs is 2. The molecule has 4 aromatic rings. The van der Waals surface area contributed by atoms with E-state index in [1.807, 2.05) is 36.4 Å². The smallest absolute Gasteiger partial charge is 0.326 e. The number of guanidine groups is 3. The van der Waals surface area contributed by atoms with Crippen molar-refractivity contribution in [3.8, 4) is 0 Å². The quantitative estimate of drug-likeness (QED) is 0.0113. The summed E-state index contributed by atoms with van der Waals surface area (Å²) >= 11 is 0. The minimum atomic E-state index is -1.56. The standard InChI is InChI=1S/C58H90N22O11/c1-31(2)47(80-52(87)41(19-11-25-70-58(66)67)75-48(83)36(60)14-9-23-68-56(62)63)54(89)77-42(20-21-45(61)81)51(86)76-39(18-10-24-69-57(64)65)49(84)73-30-46(82)74-40(17-7-8-22-59)50(85)78-43(26-32-28-71-37-15-5-3-12-34(32)37)53(88)79-44(55(90)91)27-33-29-72-38-16-6-4-13-35(33)38/h3-6,12-13,15-16,28-29,31,36,39-44,47,71-72H,7-11,14,17-27,30,59-60H2,1-2H3,(H2,61,81)(H,73,84)(H,74,82)(H,75,83)(H,76,86)(H,77,89)(H,78,85)(H,79,88)(H,80,87)(H,90,91)(H4,62,63,68)(H4,64,65,69)(H4,66,67,70)/t36-,39-,40-,41-,42-,43-,44-,47-/m0/s1. The number of unbranched alkanes of at least 4 members (excludes halogenated alkanes) is 1. The molecule has 0 saturated carbocycles. The summed E-state index contributed by atoms with van der Waals surface area (Å²) in [6, 6.07) is 3.66. The average molecular weight is 1270 g/mol. The number of para-hydroxylation sites is 2. The first-order valence-electron chi connectivity index (χ1n) is 29.9. The highest BCUT2D eigenvalue weighted by atomic mass is 16.4. The molecule has 9 amide bonds. The molecule has 2 aromatic heterocycles. The van der Waals surface area contributed by atoms with Gasteiger partial charge in [-0.1, -0.05) is 50.2 Å². The van der Waals surface area contributed by atoms with Crippen molar-refractivity contribution in [3.05, 3.63) is 72.1 Å². The second kappa shape index (κ2) is 37.7. The molecule has 33 heteroatoms. The number of carboxylic acids is 1. The topological polar surface area (TPSA) is 590 Å². The van der Waals surface area contributed by atoms with Crippen LogP contribution in [0.5, 0.6) is 0 Å². The highest BCUT2D eigenvalue weighted by Crippen LogP contribution is 2.22. The largest absolute Gasteiger partial charge is 0.480 e. The van der Waals surface area contributed by atoms with Crippen LogP contribution in [0.1, 0.15) is 95.6 Å². The highest BCUT2D eigenvalue weighted by molar-refractivity contribution is 5.98. The van der Waals surface area contributed by atoms with Crippen molar-refractivity contribution >= 4 is 98.8 Å². The fourth-order valence-corrected chi connectivity index (χ4v) is 9.64. The number of aromatic nitrogens is 2. The van der Waals surface area contributed by atoms with E-state index >= 15 is 0 Å². The number of carboxylic acid groups (broad SMARTS) is 1. The molecule has 0 aliphatic heterocycles. The zero-order chi connectivity index (χ0) is 67.2. The van der Waals surface area contributed by atoms with Gasteiger partial charge in [0.1, 0.15) is 42.3 Å². The number of aliphatic imine (C=N–C) groups is 3. The number of nitrogens with two attached hydrogens (primary N) is 9. The predicted octanol–water partition coefficient (Wildman–Crippen LogP) is -4.43. The van der Waals surface area contributed by atoms with Crippen LogP contribution in [-0.2, 0) is 60.8 Å². The molecule has 8 atom stereocenters. The highest BCUT2D eigenvalue weighted by Gasteiger charge is 2.35. The molecule has 0 fully saturated rings. The summed E-state index contributed by atoms with van der Waals surface area (Å²) in [5.41, 5.74) is 52.9. The van der Waals surface area contributed by atoms with Gasteiger partial charge < -0.3 is 109 Å². The van der Waals surface area contributed by atoms with Crippen LogP contribution in [0.25, 0.3) is 21.8 Å². The van der Waals surface area contributed by atoms with Gasteiger partial charge in [0.25, 0.3) is 0 Å². The lowest BCUT2D eigenvalue weighted by Crippen LogP contribution is -2.60. The summed E-state index contributed by atoms with van der Waals surface area (Å²) in [5, 5.41) is 32.6.